The lowest BCUT2D eigenvalue weighted by Crippen LogP contribution is -2.17. The molecule has 0 saturated carbocycles. The lowest BCUT2D eigenvalue weighted by atomic mass is 10.1. The van der Waals surface area contributed by atoms with Crippen LogP contribution in [0.15, 0.2) is 40.0 Å². The zero-order valence-electron chi connectivity index (χ0n) is 11.4. The number of rotatable bonds is 5. The first-order chi connectivity index (χ1) is 9.67. The molecule has 0 saturated heterocycles. The number of H-pyrrole nitrogens is 1. The topological polar surface area (TPSA) is 47.0 Å². The summed E-state index contributed by atoms with van der Waals surface area (Å²) in [5.41, 5.74) is 1.64. The van der Waals surface area contributed by atoms with Crippen LogP contribution >= 0.6 is 24.0 Å². The molecule has 0 radical (unpaired) electrons. The molecule has 0 spiro atoms. The Morgan fingerprint density at radius 3 is 2.85 bits per heavy atom. The second-order valence-electron chi connectivity index (χ2n) is 4.17. The van der Waals surface area contributed by atoms with Crippen molar-refractivity contribution >= 4 is 24.0 Å². The average Bonchev–Trinajstić information content (AvgIpc) is 2.45. The molecule has 0 amide bonds. The van der Waals surface area contributed by atoms with Crippen LogP contribution in [0.4, 0.5) is 0 Å². The zero-order valence-corrected chi connectivity index (χ0v) is 13.0. The predicted molar refractivity (Wildman–Crippen MR) is 85.0 cm³/mol. The van der Waals surface area contributed by atoms with Crippen molar-refractivity contribution < 1.29 is 4.74 Å². The van der Waals surface area contributed by atoms with Crippen LogP contribution < -0.4 is 5.56 Å². The molecule has 6 heteroatoms. The van der Waals surface area contributed by atoms with Gasteiger partial charge in [-0.1, -0.05) is 18.2 Å². The van der Waals surface area contributed by atoms with E-state index in [0.717, 1.165) is 16.2 Å². The van der Waals surface area contributed by atoms with Crippen LogP contribution in [0.3, 0.4) is 0 Å². The van der Waals surface area contributed by atoms with Gasteiger partial charge in [0, 0.05) is 30.2 Å². The molecule has 0 atom stereocenters. The molecular weight excluding hydrogens is 292 g/mol. The number of aromatic amines is 1. The fraction of sp³-hybridized carbons (Fsp3) is 0.286. The summed E-state index contributed by atoms with van der Waals surface area (Å²) < 4.78 is 7.43. The quantitative estimate of drug-likeness (QED) is 0.681. The summed E-state index contributed by atoms with van der Waals surface area (Å²) in [4.78, 5) is 15.5. The third-order valence-corrected chi connectivity index (χ3v) is 4.05. The van der Waals surface area contributed by atoms with Crippen molar-refractivity contribution in [2.45, 2.75) is 11.4 Å². The van der Waals surface area contributed by atoms with Crippen molar-refractivity contribution in [3.05, 3.63) is 45.5 Å². The molecule has 0 fully saturated rings. The van der Waals surface area contributed by atoms with E-state index in [1.807, 2.05) is 35.1 Å². The van der Waals surface area contributed by atoms with Crippen LogP contribution in [0.5, 0.6) is 0 Å². The van der Waals surface area contributed by atoms with Crippen molar-refractivity contribution in [1.29, 1.82) is 0 Å². The van der Waals surface area contributed by atoms with Gasteiger partial charge in [-0.25, -0.2) is 0 Å². The third-order valence-electron chi connectivity index (χ3n) is 2.94. The fourth-order valence-electron chi connectivity index (χ4n) is 2.00. The molecule has 1 heterocycles. The second-order valence-corrected chi connectivity index (χ2v) is 5.40. The molecule has 1 aromatic heterocycles. The van der Waals surface area contributed by atoms with Crippen molar-refractivity contribution in [2.75, 3.05) is 20.0 Å². The third kappa shape index (κ3) is 3.20. The van der Waals surface area contributed by atoms with Crippen LogP contribution in [0.1, 0.15) is 0 Å². The first kappa shape index (κ1) is 15.0. The SMILES string of the molecule is COCCn1c(-c2ccccc2SC)cc(=O)[nH]c1=S. The van der Waals surface area contributed by atoms with Crippen LogP contribution in [0.25, 0.3) is 11.3 Å². The Morgan fingerprint density at radius 2 is 2.15 bits per heavy atom. The van der Waals surface area contributed by atoms with E-state index in [2.05, 4.69) is 4.98 Å². The van der Waals surface area contributed by atoms with E-state index in [1.54, 1.807) is 24.9 Å². The van der Waals surface area contributed by atoms with Gasteiger partial charge in [-0.05, 0) is 24.5 Å². The van der Waals surface area contributed by atoms with Gasteiger partial charge in [-0.15, -0.1) is 11.8 Å². The maximum absolute atomic E-state index is 11.7. The maximum atomic E-state index is 11.7. The minimum atomic E-state index is -0.186. The first-order valence-electron chi connectivity index (χ1n) is 6.14. The summed E-state index contributed by atoms with van der Waals surface area (Å²) >= 11 is 6.91. The van der Waals surface area contributed by atoms with E-state index >= 15 is 0 Å². The molecular formula is C14H16N2O2S2. The van der Waals surface area contributed by atoms with E-state index in [-0.39, 0.29) is 5.56 Å². The highest BCUT2D eigenvalue weighted by Gasteiger charge is 2.10. The minimum Gasteiger partial charge on any atom is -0.383 e. The Labute approximate surface area is 126 Å². The molecule has 0 bridgehead atoms. The number of hydrogen-bond acceptors (Lipinski definition) is 4. The Hall–Kier alpha value is -1.37. The summed E-state index contributed by atoms with van der Waals surface area (Å²) in [6, 6.07) is 9.56. The van der Waals surface area contributed by atoms with Gasteiger partial charge in [0.1, 0.15) is 0 Å². The molecule has 1 N–H and O–H groups in total. The predicted octanol–water partition coefficient (Wildman–Crippen LogP) is 2.94. The molecule has 2 rings (SSSR count). The van der Waals surface area contributed by atoms with Gasteiger partial charge in [0.15, 0.2) is 4.77 Å². The lowest BCUT2D eigenvalue weighted by molar-refractivity contribution is 0.186. The number of aromatic nitrogens is 2. The molecule has 20 heavy (non-hydrogen) atoms. The monoisotopic (exact) mass is 308 g/mol. The van der Waals surface area contributed by atoms with Gasteiger partial charge in [0.05, 0.1) is 12.3 Å². The number of thioether (sulfide) groups is 1. The number of nitrogens with zero attached hydrogens (tertiary/aromatic N) is 1. The van der Waals surface area contributed by atoms with E-state index in [9.17, 15) is 4.79 Å². The van der Waals surface area contributed by atoms with Crippen molar-refractivity contribution in [3.8, 4) is 11.3 Å². The normalized spacial score (nSPS) is 10.7. The van der Waals surface area contributed by atoms with E-state index in [4.69, 9.17) is 17.0 Å². The van der Waals surface area contributed by atoms with E-state index < -0.39 is 0 Å². The lowest BCUT2D eigenvalue weighted by Gasteiger charge is -2.15. The standard InChI is InChI=1S/C14H16N2O2S2/c1-18-8-7-16-11(9-13(17)15-14(16)19)10-5-3-4-6-12(10)20-2/h3-6,9H,7-8H2,1-2H3,(H,15,17,19). The summed E-state index contributed by atoms with van der Waals surface area (Å²) in [5, 5.41) is 0. The molecule has 2 aromatic rings. The second kappa shape index (κ2) is 6.88. The van der Waals surface area contributed by atoms with Crippen LogP contribution in [-0.4, -0.2) is 29.5 Å². The van der Waals surface area contributed by atoms with Gasteiger partial charge in [-0.2, -0.15) is 0 Å². The summed E-state index contributed by atoms with van der Waals surface area (Å²) in [7, 11) is 1.64. The molecule has 1 aromatic carbocycles. The van der Waals surface area contributed by atoms with Gasteiger partial charge in [-0.3, -0.25) is 9.78 Å². The number of methoxy groups -OCH3 is 1. The summed E-state index contributed by atoms with van der Waals surface area (Å²) in [5.74, 6) is 0. The smallest absolute Gasteiger partial charge is 0.252 e. The highest BCUT2D eigenvalue weighted by molar-refractivity contribution is 7.98. The van der Waals surface area contributed by atoms with Crippen LogP contribution in [0, 0.1) is 4.77 Å². The van der Waals surface area contributed by atoms with E-state index in [0.29, 0.717) is 17.9 Å². The average molecular weight is 308 g/mol. The summed E-state index contributed by atoms with van der Waals surface area (Å²) in [6.07, 6.45) is 2.01. The molecule has 0 unspecified atom stereocenters. The highest BCUT2D eigenvalue weighted by atomic mass is 32.2. The van der Waals surface area contributed by atoms with Crippen LogP contribution in [0.2, 0.25) is 0 Å². The van der Waals surface area contributed by atoms with Gasteiger partial charge in [0.2, 0.25) is 0 Å². The summed E-state index contributed by atoms with van der Waals surface area (Å²) in [6.45, 7) is 1.14. The Morgan fingerprint density at radius 1 is 1.40 bits per heavy atom. The van der Waals surface area contributed by atoms with Gasteiger partial charge >= 0.3 is 0 Å². The highest BCUT2D eigenvalue weighted by Crippen LogP contribution is 2.29. The molecule has 4 nitrogen and oxygen atoms in total. The molecule has 0 aliphatic carbocycles. The number of nitrogens with one attached hydrogen (secondary N) is 1. The number of ether oxygens (including phenoxy) is 1. The van der Waals surface area contributed by atoms with Crippen molar-refractivity contribution in [2.24, 2.45) is 0 Å². The Kier molecular flexibility index (Phi) is 5.17. The van der Waals surface area contributed by atoms with Crippen molar-refractivity contribution in [3.63, 3.8) is 0 Å². The van der Waals surface area contributed by atoms with Crippen molar-refractivity contribution in [1.82, 2.24) is 9.55 Å². The largest absolute Gasteiger partial charge is 0.383 e. The van der Waals surface area contributed by atoms with E-state index in [1.165, 1.54) is 0 Å². The first-order valence-corrected chi connectivity index (χ1v) is 7.77. The zero-order chi connectivity index (χ0) is 14.5. The number of benzene rings is 1. The fourth-order valence-corrected chi connectivity index (χ4v) is 2.90. The van der Waals surface area contributed by atoms with Gasteiger partial charge < -0.3 is 9.30 Å². The maximum Gasteiger partial charge on any atom is 0.252 e. The van der Waals surface area contributed by atoms with Gasteiger partial charge in [0.25, 0.3) is 5.56 Å². The van der Waals surface area contributed by atoms with Crippen LogP contribution in [-0.2, 0) is 11.3 Å². The molecule has 0 aliphatic rings. The Balaban J connectivity index is 2.65. The minimum absolute atomic E-state index is 0.186. The number of hydrogen-bond donors (Lipinski definition) is 1. The molecule has 106 valence electrons. The Bertz CT molecular complexity index is 707. The molecule has 0 aliphatic heterocycles.